The Labute approximate surface area is 132 Å². The van der Waals surface area contributed by atoms with E-state index in [0.717, 1.165) is 31.4 Å². The molecule has 0 unspecified atom stereocenters. The smallest absolute Gasteiger partial charge is 0.236 e. The van der Waals surface area contributed by atoms with Crippen molar-refractivity contribution >= 4 is 11.8 Å². The van der Waals surface area contributed by atoms with Crippen molar-refractivity contribution in [3.63, 3.8) is 0 Å². The number of carbonyl (C=O) groups is 2. The fourth-order valence-corrected chi connectivity index (χ4v) is 2.85. The van der Waals surface area contributed by atoms with Crippen LogP contribution in [0.4, 0.5) is 0 Å². The lowest BCUT2D eigenvalue weighted by atomic mass is 10.0. The van der Waals surface area contributed by atoms with Crippen molar-refractivity contribution in [2.24, 2.45) is 5.73 Å². The summed E-state index contributed by atoms with van der Waals surface area (Å²) in [5.74, 6) is -0.303. The van der Waals surface area contributed by atoms with Gasteiger partial charge in [0.15, 0.2) is 0 Å². The van der Waals surface area contributed by atoms with Gasteiger partial charge in [-0.2, -0.15) is 0 Å². The minimum atomic E-state index is -0.325. The van der Waals surface area contributed by atoms with Crippen molar-refractivity contribution in [2.75, 3.05) is 20.1 Å². The van der Waals surface area contributed by atoms with E-state index < -0.39 is 0 Å². The average Bonchev–Trinajstić information content (AvgIpc) is 2.49. The van der Waals surface area contributed by atoms with Gasteiger partial charge in [0.05, 0.1) is 12.6 Å². The van der Waals surface area contributed by atoms with E-state index >= 15 is 0 Å². The van der Waals surface area contributed by atoms with Gasteiger partial charge in [-0.25, -0.2) is 0 Å². The summed E-state index contributed by atoms with van der Waals surface area (Å²) in [7, 11) is 1.80. The van der Waals surface area contributed by atoms with Crippen LogP contribution in [0.3, 0.4) is 0 Å². The summed E-state index contributed by atoms with van der Waals surface area (Å²) in [6.45, 7) is 3.64. The van der Waals surface area contributed by atoms with E-state index in [1.54, 1.807) is 11.9 Å². The third-order valence-corrected chi connectivity index (χ3v) is 4.25. The molecule has 0 saturated carbocycles. The van der Waals surface area contributed by atoms with Crippen LogP contribution >= 0.6 is 0 Å². The number of carbonyl (C=O) groups excluding carboxylic acids is 2. The molecule has 1 aromatic rings. The van der Waals surface area contributed by atoms with Gasteiger partial charge in [0, 0.05) is 13.6 Å². The van der Waals surface area contributed by atoms with E-state index in [-0.39, 0.29) is 24.4 Å². The van der Waals surface area contributed by atoms with E-state index in [4.69, 9.17) is 5.73 Å². The number of amides is 2. The monoisotopic (exact) mass is 303 g/mol. The Hall–Kier alpha value is -1.88. The zero-order chi connectivity index (χ0) is 16.1. The first-order chi connectivity index (χ1) is 10.5. The fraction of sp³-hybridized carbons (Fsp3) is 0.529. The first kappa shape index (κ1) is 16.5. The zero-order valence-electron chi connectivity index (χ0n) is 13.4. The molecule has 22 heavy (non-hydrogen) atoms. The van der Waals surface area contributed by atoms with Crippen LogP contribution in [0.15, 0.2) is 24.3 Å². The van der Waals surface area contributed by atoms with E-state index in [1.165, 1.54) is 5.56 Å². The molecule has 1 aromatic carbocycles. The summed E-state index contributed by atoms with van der Waals surface area (Å²) >= 11 is 0. The lowest BCUT2D eigenvalue weighted by Gasteiger charge is -2.34. The second kappa shape index (κ2) is 7.40. The number of likely N-dealkylation sites (N-methyl/N-ethyl adjacent to an activating group) is 1. The molecule has 0 radical (unpaired) electrons. The number of rotatable bonds is 5. The number of primary amides is 1. The standard InChI is InChI=1S/C17H25N3O2/c1-13-6-8-14(9-7-13)11-19(2)16(21)12-20-10-4-3-5-15(20)17(18)22/h6-9,15H,3-5,10-12H2,1-2H3,(H2,18,22)/t15-/m0/s1. The number of hydrogen-bond acceptors (Lipinski definition) is 3. The first-order valence-electron chi connectivity index (χ1n) is 7.80. The number of piperidine rings is 1. The molecule has 1 fully saturated rings. The SMILES string of the molecule is Cc1ccc(CN(C)C(=O)CN2CCCC[C@H]2C(N)=O)cc1. The van der Waals surface area contributed by atoms with Gasteiger partial charge in [0.2, 0.25) is 11.8 Å². The Balaban J connectivity index is 1.92. The highest BCUT2D eigenvalue weighted by Gasteiger charge is 2.28. The van der Waals surface area contributed by atoms with Crippen molar-refractivity contribution in [3.05, 3.63) is 35.4 Å². The molecule has 1 atom stereocenters. The summed E-state index contributed by atoms with van der Waals surface area (Å²) in [4.78, 5) is 27.5. The molecule has 1 aliphatic rings. The quantitative estimate of drug-likeness (QED) is 0.891. The van der Waals surface area contributed by atoms with E-state index in [1.807, 2.05) is 36.1 Å². The number of nitrogens with zero attached hydrogens (tertiary/aromatic N) is 2. The Morgan fingerprint density at radius 1 is 1.27 bits per heavy atom. The van der Waals surface area contributed by atoms with Crippen LogP contribution in [0.5, 0.6) is 0 Å². The van der Waals surface area contributed by atoms with Crippen LogP contribution in [0.1, 0.15) is 30.4 Å². The molecule has 2 N–H and O–H groups in total. The minimum absolute atomic E-state index is 0.0220. The van der Waals surface area contributed by atoms with Gasteiger partial charge >= 0.3 is 0 Å². The van der Waals surface area contributed by atoms with Crippen molar-refractivity contribution in [1.82, 2.24) is 9.80 Å². The average molecular weight is 303 g/mol. The maximum atomic E-state index is 12.4. The fourth-order valence-electron chi connectivity index (χ4n) is 2.85. The molecule has 0 aliphatic carbocycles. The maximum Gasteiger partial charge on any atom is 0.236 e. The van der Waals surface area contributed by atoms with E-state index in [2.05, 4.69) is 0 Å². The summed E-state index contributed by atoms with van der Waals surface area (Å²) in [5, 5.41) is 0. The van der Waals surface area contributed by atoms with Gasteiger partial charge in [0.25, 0.3) is 0 Å². The molecule has 5 nitrogen and oxygen atoms in total. The number of likely N-dealkylation sites (tertiary alicyclic amines) is 1. The zero-order valence-corrected chi connectivity index (χ0v) is 13.4. The highest BCUT2D eigenvalue weighted by Crippen LogP contribution is 2.17. The molecule has 2 rings (SSSR count). The predicted octanol–water partition coefficient (Wildman–Crippen LogP) is 1.29. The summed E-state index contributed by atoms with van der Waals surface area (Å²) < 4.78 is 0. The Morgan fingerprint density at radius 3 is 2.59 bits per heavy atom. The predicted molar refractivity (Wildman–Crippen MR) is 86.1 cm³/mol. The van der Waals surface area contributed by atoms with Crippen LogP contribution in [0.25, 0.3) is 0 Å². The van der Waals surface area contributed by atoms with Crippen molar-refractivity contribution in [3.8, 4) is 0 Å². The van der Waals surface area contributed by atoms with Crippen LogP contribution in [0, 0.1) is 6.92 Å². The largest absolute Gasteiger partial charge is 0.368 e. The number of benzene rings is 1. The molecule has 0 spiro atoms. The van der Waals surface area contributed by atoms with Gasteiger partial charge in [0.1, 0.15) is 0 Å². The minimum Gasteiger partial charge on any atom is -0.368 e. The number of hydrogen-bond donors (Lipinski definition) is 1. The summed E-state index contributed by atoms with van der Waals surface area (Å²) in [6.07, 6.45) is 2.76. The molecule has 0 aromatic heterocycles. The van der Waals surface area contributed by atoms with E-state index in [0.29, 0.717) is 6.54 Å². The maximum absolute atomic E-state index is 12.4. The van der Waals surface area contributed by atoms with Crippen LogP contribution in [0.2, 0.25) is 0 Å². The Kier molecular flexibility index (Phi) is 5.55. The molecule has 0 bridgehead atoms. The third-order valence-electron chi connectivity index (χ3n) is 4.25. The number of aryl methyl sites for hydroxylation is 1. The van der Waals surface area contributed by atoms with Gasteiger partial charge in [-0.1, -0.05) is 36.2 Å². The second-order valence-corrected chi connectivity index (χ2v) is 6.12. The number of nitrogens with two attached hydrogens (primary N) is 1. The third kappa shape index (κ3) is 4.31. The van der Waals surface area contributed by atoms with Crippen LogP contribution in [-0.2, 0) is 16.1 Å². The van der Waals surface area contributed by atoms with E-state index in [9.17, 15) is 9.59 Å². The lowest BCUT2D eigenvalue weighted by molar-refractivity contribution is -0.134. The van der Waals surface area contributed by atoms with Gasteiger partial charge in [-0.3, -0.25) is 14.5 Å². The molecule has 120 valence electrons. The molecule has 1 aliphatic heterocycles. The van der Waals surface area contributed by atoms with Crippen molar-refractivity contribution in [2.45, 2.75) is 38.8 Å². The Morgan fingerprint density at radius 2 is 1.95 bits per heavy atom. The molecular formula is C17H25N3O2. The molecule has 1 heterocycles. The van der Waals surface area contributed by atoms with Crippen molar-refractivity contribution in [1.29, 1.82) is 0 Å². The van der Waals surface area contributed by atoms with Gasteiger partial charge in [-0.15, -0.1) is 0 Å². The highest BCUT2D eigenvalue weighted by molar-refractivity contribution is 5.82. The van der Waals surface area contributed by atoms with Crippen molar-refractivity contribution < 1.29 is 9.59 Å². The van der Waals surface area contributed by atoms with Crippen LogP contribution < -0.4 is 5.73 Å². The first-order valence-corrected chi connectivity index (χ1v) is 7.80. The topological polar surface area (TPSA) is 66.6 Å². The summed E-state index contributed by atoms with van der Waals surface area (Å²) in [6, 6.07) is 7.85. The molecule has 5 heteroatoms. The molecular weight excluding hydrogens is 278 g/mol. The van der Waals surface area contributed by atoms with Crippen LogP contribution in [-0.4, -0.2) is 47.8 Å². The highest BCUT2D eigenvalue weighted by atomic mass is 16.2. The second-order valence-electron chi connectivity index (χ2n) is 6.12. The Bertz CT molecular complexity index is 527. The lowest BCUT2D eigenvalue weighted by Crippen LogP contribution is -2.51. The molecule has 2 amide bonds. The van der Waals surface area contributed by atoms with Gasteiger partial charge < -0.3 is 10.6 Å². The van der Waals surface area contributed by atoms with Gasteiger partial charge in [-0.05, 0) is 31.9 Å². The normalized spacial score (nSPS) is 18.9. The molecule has 1 saturated heterocycles. The summed E-state index contributed by atoms with van der Waals surface area (Å²) in [5.41, 5.74) is 7.75.